The maximum Gasteiger partial charge on any atom is 0.333 e. The van der Waals surface area contributed by atoms with E-state index in [1.807, 2.05) is 11.8 Å². The first kappa shape index (κ1) is 17.8. The van der Waals surface area contributed by atoms with E-state index in [1.165, 1.54) is 36.3 Å². The van der Waals surface area contributed by atoms with Crippen molar-refractivity contribution in [3.8, 4) is 0 Å². The topological polar surface area (TPSA) is 26.3 Å². The fraction of sp³-hybridized carbons (Fsp3) is 0.500. The van der Waals surface area contributed by atoms with E-state index in [4.69, 9.17) is 4.74 Å². The lowest BCUT2D eigenvalue weighted by atomic mass is 10.1. The summed E-state index contributed by atoms with van der Waals surface area (Å²) >= 11 is 1.93. The van der Waals surface area contributed by atoms with Crippen molar-refractivity contribution in [2.75, 3.05) is 12.4 Å². The number of carbonyl (C=O) groups is 1. The second kappa shape index (κ2) is 11.4. The molecule has 3 heteroatoms. The van der Waals surface area contributed by atoms with Gasteiger partial charge in [-0.15, -0.1) is 11.8 Å². The Labute approximate surface area is 133 Å². The second-order valence-corrected chi connectivity index (χ2v) is 6.37. The Morgan fingerprint density at radius 1 is 1.05 bits per heavy atom. The SMILES string of the molecule is C=C(C)C(=O)OCCCCCCCCSc1ccccc1. The number of esters is 1. The highest BCUT2D eigenvalue weighted by Gasteiger charge is 2.01. The largest absolute Gasteiger partial charge is 0.462 e. The average molecular weight is 306 g/mol. The lowest BCUT2D eigenvalue weighted by Crippen LogP contribution is -2.05. The van der Waals surface area contributed by atoms with Crippen LogP contribution in [0.25, 0.3) is 0 Å². The summed E-state index contributed by atoms with van der Waals surface area (Å²) in [6, 6.07) is 10.6. The summed E-state index contributed by atoms with van der Waals surface area (Å²) in [7, 11) is 0. The summed E-state index contributed by atoms with van der Waals surface area (Å²) in [4.78, 5) is 12.5. The van der Waals surface area contributed by atoms with Crippen molar-refractivity contribution in [1.82, 2.24) is 0 Å². The van der Waals surface area contributed by atoms with Gasteiger partial charge in [-0.25, -0.2) is 4.79 Å². The number of carbonyl (C=O) groups excluding carboxylic acids is 1. The molecule has 0 saturated carbocycles. The zero-order valence-electron chi connectivity index (χ0n) is 13.0. The van der Waals surface area contributed by atoms with Gasteiger partial charge in [0, 0.05) is 10.5 Å². The normalized spacial score (nSPS) is 10.3. The third-order valence-electron chi connectivity index (χ3n) is 3.13. The molecule has 1 aromatic rings. The van der Waals surface area contributed by atoms with Crippen molar-refractivity contribution < 1.29 is 9.53 Å². The highest BCUT2D eigenvalue weighted by Crippen LogP contribution is 2.19. The molecule has 0 amide bonds. The number of benzene rings is 1. The van der Waals surface area contributed by atoms with Crippen LogP contribution in [0.3, 0.4) is 0 Å². The molecule has 0 radical (unpaired) electrons. The number of unbranched alkanes of at least 4 members (excludes halogenated alkanes) is 5. The fourth-order valence-corrected chi connectivity index (χ4v) is 2.84. The van der Waals surface area contributed by atoms with Crippen LogP contribution in [0, 0.1) is 0 Å². The van der Waals surface area contributed by atoms with Crippen LogP contribution in [-0.4, -0.2) is 18.3 Å². The lowest BCUT2D eigenvalue weighted by Gasteiger charge is -2.04. The van der Waals surface area contributed by atoms with Gasteiger partial charge in [0.1, 0.15) is 0 Å². The van der Waals surface area contributed by atoms with Gasteiger partial charge in [-0.2, -0.15) is 0 Å². The van der Waals surface area contributed by atoms with E-state index in [9.17, 15) is 4.79 Å². The summed E-state index contributed by atoms with van der Waals surface area (Å²) in [5, 5.41) is 0. The van der Waals surface area contributed by atoms with Crippen molar-refractivity contribution in [2.45, 2.75) is 50.3 Å². The van der Waals surface area contributed by atoms with Crippen LogP contribution in [-0.2, 0) is 9.53 Å². The van der Waals surface area contributed by atoms with Gasteiger partial charge in [0.25, 0.3) is 0 Å². The molecule has 0 aromatic heterocycles. The Morgan fingerprint density at radius 3 is 2.33 bits per heavy atom. The molecule has 2 nitrogen and oxygen atoms in total. The predicted molar refractivity (Wildman–Crippen MR) is 90.6 cm³/mol. The van der Waals surface area contributed by atoms with Crippen molar-refractivity contribution in [2.24, 2.45) is 0 Å². The molecule has 0 aliphatic carbocycles. The van der Waals surface area contributed by atoms with Crippen molar-refractivity contribution in [3.63, 3.8) is 0 Å². The van der Waals surface area contributed by atoms with Crippen molar-refractivity contribution >= 4 is 17.7 Å². The minimum atomic E-state index is -0.270. The molecule has 116 valence electrons. The van der Waals surface area contributed by atoms with E-state index < -0.39 is 0 Å². The molecular formula is C18H26O2S. The van der Waals surface area contributed by atoms with Crippen LogP contribution in [0.5, 0.6) is 0 Å². The first-order valence-electron chi connectivity index (χ1n) is 7.70. The molecule has 0 bridgehead atoms. The molecule has 0 atom stereocenters. The first-order chi connectivity index (χ1) is 10.2. The summed E-state index contributed by atoms with van der Waals surface area (Å²) in [5.41, 5.74) is 0.478. The molecule has 0 aliphatic rings. The number of ether oxygens (including phenoxy) is 1. The molecule has 0 aliphatic heterocycles. The maximum absolute atomic E-state index is 11.1. The van der Waals surface area contributed by atoms with E-state index in [-0.39, 0.29) is 5.97 Å². The minimum Gasteiger partial charge on any atom is -0.462 e. The quantitative estimate of drug-likeness (QED) is 0.242. The van der Waals surface area contributed by atoms with Crippen molar-refractivity contribution in [3.05, 3.63) is 42.5 Å². The molecule has 1 rings (SSSR count). The second-order valence-electron chi connectivity index (χ2n) is 5.20. The molecule has 0 heterocycles. The van der Waals surface area contributed by atoms with Crippen LogP contribution >= 0.6 is 11.8 Å². The number of hydrogen-bond donors (Lipinski definition) is 0. The molecule has 1 aromatic carbocycles. The van der Waals surface area contributed by atoms with Gasteiger partial charge in [0.15, 0.2) is 0 Å². The third-order valence-corrected chi connectivity index (χ3v) is 4.23. The molecular weight excluding hydrogens is 280 g/mol. The zero-order chi connectivity index (χ0) is 15.3. The molecule has 0 fully saturated rings. The molecule has 0 spiro atoms. The van der Waals surface area contributed by atoms with Crippen LogP contribution in [0.15, 0.2) is 47.4 Å². The van der Waals surface area contributed by atoms with E-state index in [2.05, 4.69) is 36.9 Å². The third kappa shape index (κ3) is 9.35. The smallest absolute Gasteiger partial charge is 0.333 e. The predicted octanol–water partition coefficient (Wildman–Crippen LogP) is 5.24. The molecule has 21 heavy (non-hydrogen) atoms. The molecule has 0 N–H and O–H groups in total. The Hall–Kier alpha value is -1.22. The minimum absolute atomic E-state index is 0.270. The van der Waals surface area contributed by atoms with Crippen LogP contribution < -0.4 is 0 Å². The van der Waals surface area contributed by atoms with Gasteiger partial charge in [-0.05, 0) is 37.7 Å². The van der Waals surface area contributed by atoms with Gasteiger partial charge in [-0.1, -0.05) is 50.5 Å². The zero-order valence-corrected chi connectivity index (χ0v) is 13.8. The molecule has 0 saturated heterocycles. The van der Waals surface area contributed by atoms with E-state index in [0.29, 0.717) is 12.2 Å². The maximum atomic E-state index is 11.1. The molecule has 0 unspecified atom stereocenters. The van der Waals surface area contributed by atoms with E-state index >= 15 is 0 Å². The summed E-state index contributed by atoms with van der Waals surface area (Å²) in [6.07, 6.45) is 7.13. The first-order valence-corrected chi connectivity index (χ1v) is 8.69. The van der Waals surface area contributed by atoms with Gasteiger partial charge in [0.05, 0.1) is 6.61 Å². The van der Waals surface area contributed by atoms with E-state index in [1.54, 1.807) is 6.92 Å². The number of thioether (sulfide) groups is 1. The van der Waals surface area contributed by atoms with Crippen LogP contribution in [0.4, 0.5) is 0 Å². The van der Waals surface area contributed by atoms with Crippen LogP contribution in [0.2, 0.25) is 0 Å². The number of rotatable bonds is 11. The van der Waals surface area contributed by atoms with E-state index in [0.717, 1.165) is 12.8 Å². The summed E-state index contributed by atoms with van der Waals surface area (Å²) < 4.78 is 5.06. The van der Waals surface area contributed by atoms with Gasteiger partial charge in [0.2, 0.25) is 0 Å². The summed E-state index contributed by atoms with van der Waals surface area (Å²) in [6.45, 7) is 5.76. The highest BCUT2D eigenvalue weighted by atomic mass is 32.2. The Kier molecular flexibility index (Phi) is 9.71. The summed E-state index contributed by atoms with van der Waals surface area (Å²) in [5.74, 6) is 0.924. The standard InChI is InChI=1S/C18H26O2S/c1-16(2)18(19)20-14-10-5-3-4-6-11-15-21-17-12-8-7-9-13-17/h7-9,12-13H,1,3-6,10-11,14-15H2,2H3. The lowest BCUT2D eigenvalue weighted by molar-refractivity contribution is -0.139. The Balaban J connectivity index is 1.85. The van der Waals surface area contributed by atoms with Gasteiger partial charge >= 0.3 is 5.97 Å². The van der Waals surface area contributed by atoms with Crippen molar-refractivity contribution in [1.29, 1.82) is 0 Å². The average Bonchev–Trinajstić information content (AvgIpc) is 2.49. The highest BCUT2D eigenvalue weighted by molar-refractivity contribution is 7.99. The Morgan fingerprint density at radius 2 is 1.67 bits per heavy atom. The number of hydrogen-bond acceptors (Lipinski definition) is 3. The Bertz CT molecular complexity index is 414. The monoisotopic (exact) mass is 306 g/mol. The van der Waals surface area contributed by atoms with Gasteiger partial charge < -0.3 is 4.74 Å². The van der Waals surface area contributed by atoms with Gasteiger partial charge in [-0.3, -0.25) is 0 Å². The van der Waals surface area contributed by atoms with Crippen LogP contribution in [0.1, 0.15) is 45.4 Å². The fourth-order valence-electron chi connectivity index (χ4n) is 1.91.